The van der Waals surface area contributed by atoms with Crippen LogP contribution in [0.25, 0.3) is 11.3 Å². The number of carbonyl (C=O) groups is 1. The second-order valence-electron chi connectivity index (χ2n) is 6.69. The van der Waals surface area contributed by atoms with Gasteiger partial charge in [0.1, 0.15) is 11.9 Å². The second-order valence-corrected chi connectivity index (χ2v) is 7.50. The minimum absolute atomic E-state index is 0. The Kier molecular flexibility index (Phi) is 6.73. The maximum absolute atomic E-state index is 12.6. The van der Waals surface area contributed by atoms with E-state index in [9.17, 15) is 4.79 Å². The van der Waals surface area contributed by atoms with Gasteiger partial charge in [-0.3, -0.25) is 4.79 Å². The first-order valence-corrected chi connectivity index (χ1v) is 9.82. The molecule has 1 aliphatic rings. The van der Waals surface area contributed by atoms with E-state index in [2.05, 4.69) is 9.88 Å². The van der Waals surface area contributed by atoms with Crippen molar-refractivity contribution in [2.24, 2.45) is 0 Å². The summed E-state index contributed by atoms with van der Waals surface area (Å²) in [5.74, 6) is 1.80. The molecular formula is C21H20Cl3N3O2. The molecule has 0 spiro atoms. The first-order valence-electron chi connectivity index (χ1n) is 9.07. The average Bonchev–Trinajstić information content (AvgIpc) is 3.29. The van der Waals surface area contributed by atoms with Crippen molar-refractivity contribution >= 4 is 34.8 Å². The summed E-state index contributed by atoms with van der Waals surface area (Å²) in [5.41, 5.74) is 2.64. The molecule has 1 aromatic heterocycles. The maximum Gasteiger partial charge on any atom is 0.266 e. The van der Waals surface area contributed by atoms with Crippen LogP contribution in [0.4, 0.5) is 5.69 Å². The highest BCUT2D eigenvalue weighted by Gasteiger charge is 2.29. The number of benzene rings is 2. The van der Waals surface area contributed by atoms with Crippen LogP contribution in [0.2, 0.25) is 10.0 Å². The topological polar surface area (TPSA) is 47.1 Å². The highest BCUT2D eigenvalue weighted by atomic mass is 35.5. The summed E-state index contributed by atoms with van der Waals surface area (Å²) in [5, 5.41) is 3.68. The van der Waals surface area contributed by atoms with E-state index in [1.807, 2.05) is 35.0 Å². The Morgan fingerprint density at radius 2 is 1.86 bits per heavy atom. The van der Waals surface area contributed by atoms with Crippen molar-refractivity contribution in [3.8, 4) is 17.0 Å². The van der Waals surface area contributed by atoms with Gasteiger partial charge in [0.05, 0.1) is 35.8 Å². The first kappa shape index (κ1) is 21.5. The molecule has 5 nitrogen and oxygen atoms in total. The Morgan fingerprint density at radius 3 is 2.52 bits per heavy atom. The lowest BCUT2D eigenvalue weighted by Gasteiger charge is -2.08. The predicted octanol–water partition coefficient (Wildman–Crippen LogP) is 1.35. The molecule has 0 aliphatic carbocycles. The molecular weight excluding hydrogens is 433 g/mol. The summed E-state index contributed by atoms with van der Waals surface area (Å²) in [6, 6.07) is 13.1. The standard InChI is InChI=1S/C21H19Cl2N3O2.ClH/c1-28-15-9-7-14(8-10-15)18-12-25(20-6-3-11-26(18)20)13-19(27)24-21-16(22)4-2-5-17(21)23;/h2,4-5,7-10,12H,3,6,11,13H2,1H3;1H. The van der Waals surface area contributed by atoms with Crippen LogP contribution in [0, 0.1) is 0 Å². The lowest BCUT2D eigenvalue weighted by molar-refractivity contribution is -0.690. The fourth-order valence-corrected chi connectivity index (χ4v) is 4.08. The zero-order chi connectivity index (χ0) is 19.7. The number of halogens is 3. The van der Waals surface area contributed by atoms with E-state index in [1.165, 1.54) is 0 Å². The zero-order valence-electron chi connectivity index (χ0n) is 15.8. The van der Waals surface area contributed by atoms with Crippen molar-refractivity contribution in [3.63, 3.8) is 0 Å². The van der Waals surface area contributed by atoms with Crippen LogP contribution in [0.3, 0.4) is 0 Å². The van der Waals surface area contributed by atoms with Gasteiger partial charge in [-0.2, -0.15) is 0 Å². The molecule has 0 atom stereocenters. The van der Waals surface area contributed by atoms with Gasteiger partial charge in [0, 0.05) is 5.56 Å². The number of rotatable bonds is 5. The quantitative estimate of drug-likeness (QED) is 0.594. The Morgan fingerprint density at radius 1 is 1.17 bits per heavy atom. The van der Waals surface area contributed by atoms with E-state index in [0.717, 1.165) is 42.2 Å². The number of methoxy groups -OCH3 is 1. The van der Waals surface area contributed by atoms with Crippen LogP contribution >= 0.6 is 23.2 Å². The lowest BCUT2D eigenvalue weighted by atomic mass is 10.1. The summed E-state index contributed by atoms with van der Waals surface area (Å²) >= 11 is 12.3. The molecule has 4 rings (SSSR count). The van der Waals surface area contributed by atoms with Gasteiger partial charge in [0.25, 0.3) is 11.7 Å². The number of carbonyl (C=O) groups excluding carboxylic acids is 1. The van der Waals surface area contributed by atoms with Crippen molar-refractivity contribution in [1.29, 1.82) is 0 Å². The number of aromatic nitrogens is 2. The van der Waals surface area contributed by atoms with Gasteiger partial charge >= 0.3 is 0 Å². The van der Waals surface area contributed by atoms with Crippen molar-refractivity contribution in [1.82, 2.24) is 4.57 Å². The molecule has 2 heterocycles. The third kappa shape index (κ3) is 4.37. The number of hydrogen-bond acceptors (Lipinski definition) is 2. The number of anilines is 1. The molecule has 8 heteroatoms. The van der Waals surface area contributed by atoms with Crippen molar-refractivity contribution < 1.29 is 26.5 Å². The molecule has 3 aromatic rings. The first-order chi connectivity index (χ1) is 13.6. The molecule has 2 aromatic carbocycles. The summed E-state index contributed by atoms with van der Waals surface area (Å²) in [6.45, 7) is 1.15. The largest absolute Gasteiger partial charge is 1.00 e. The molecule has 0 fully saturated rings. The fourth-order valence-electron chi connectivity index (χ4n) is 3.59. The van der Waals surface area contributed by atoms with Gasteiger partial charge in [0.15, 0.2) is 12.2 Å². The SMILES string of the molecule is COc1ccc(-c2c[n+](CC(=O)Nc3c(Cl)cccc3Cl)c3n2CCC3)cc1.[Cl-]. The van der Waals surface area contributed by atoms with E-state index < -0.39 is 0 Å². The van der Waals surface area contributed by atoms with Gasteiger partial charge in [-0.25, -0.2) is 9.13 Å². The molecule has 152 valence electrons. The lowest BCUT2D eigenvalue weighted by Crippen LogP contribution is -3.00. The van der Waals surface area contributed by atoms with E-state index in [1.54, 1.807) is 25.3 Å². The molecule has 0 unspecified atom stereocenters. The van der Waals surface area contributed by atoms with Gasteiger partial charge in [-0.15, -0.1) is 0 Å². The molecule has 0 bridgehead atoms. The smallest absolute Gasteiger partial charge is 0.266 e. The van der Waals surface area contributed by atoms with Gasteiger partial charge in [-0.1, -0.05) is 29.3 Å². The molecule has 29 heavy (non-hydrogen) atoms. The van der Waals surface area contributed by atoms with Crippen LogP contribution in [0.15, 0.2) is 48.7 Å². The number of hydrogen-bond donors (Lipinski definition) is 1. The van der Waals surface area contributed by atoms with Gasteiger partial charge in [-0.05, 0) is 42.8 Å². The number of ether oxygens (including phenoxy) is 1. The van der Waals surface area contributed by atoms with Crippen LogP contribution in [0.5, 0.6) is 5.75 Å². The molecule has 0 radical (unpaired) electrons. The van der Waals surface area contributed by atoms with Gasteiger partial charge in [0.2, 0.25) is 0 Å². The molecule has 1 amide bonds. The highest BCUT2D eigenvalue weighted by Crippen LogP contribution is 2.30. The zero-order valence-corrected chi connectivity index (χ0v) is 18.1. The average molecular weight is 453 g/mol. The summed E-state index contributed by atoms with van der Waals surface area (Å²) < 4.78 is 9.53. The van der Waals surface area contributed by atoms with E-state index >= 15 is 0 Å². The Labute approximate surface area is 185 Å². The molecule has 1 aliphatic heterocycles. The van der Waals surface area contributed by atoms with Gasteiger partial charge < -0.3 is 22.5 Å². The van der Waals surface area contributed by atoms with Crippen LogP contribution in [-0.4, -0.2) is 17.6 Å². The van der Waals surface area contributed by atoms with Crippen LogP contribution < -0.4 is 27.0 Å². The number of imidazole rings is 1. The maximum atomic E-state index is 12.6. The molecule has 0 saturated heterocycles. The summed E-state index contributed by atoms with van der Waals surface area (Å²) in [6.07, 6.45) is 4.04. The van der Waals surface area contributed by atoms with Crippen molar-refractivity contribution in [3.05, 3.63) is 64.5 Å². The normalized spacial score (nSPS) is 12.2. The molecule has 0 saturated carbocycles. The molecule has 1 N–H and O–H groups in total. The third-order valence-electron chi connectivity index (χ3n) is 4.92. The van der Waals surface area contributed by atoms with Crippen LogP contribution in [0.1, 0.15) is 12.2 Å². The fraction of sp³-hybridized carbons (Fsp3) is 0.238. The summed E-state index contributed by atoms with van der Waals surface area (Å²) in [4.78, 5) is 12.6. The number of para-hydroxylation sites is 1. The monoisotopic (exact) mass is 451 g/mol. The number of fused-ring (bicyclic) bond motifs is 1. The van der Waals surface area contributed by atoms with Crippen molar-refractivity contribution in [2.75, 3.05) is 12.4 Å². The van der Waals surface area contributed by atoms with E-state index in [0.29, 0.717) is 15.7 Å². The Balaban J connectivity index is 0.00000240. The van der Waals surface area contributed by atoms with E-state index in [4.69, 9.17) is 27.9 Å². The van der Waals surface area contributed by atoms with Crippen molar-refractivity contribution in [2.45, 2.75) is 25.9 Å². The minimum Gasteiger partial charge on any atom is -1.00 e. The second kappa shape index (κ2) is 9.08. The Bertz CT molecular complexity index is 1010. The predicted molar refractivity (Wildman–Crippen MR) is 110 cm³/mol. The minimum atomic E-state index is -0.165. The van der Waals surface area contributed by atoms with E-state index in [-0.39, 0.29) is 24.9 Å². The number of nitrogens with one attached hydrogen (secondary N) is 1. The van der Waals surface area contributed by atoms with Crippen LogP contribution in [-0.2, 0) is 24.3 Å². The number of nitrogens with zero attached hydrogens (tertiary/aromatic N) is 2. The number of amides is 1. The Hall–Kier alpha value is -2.21. The third-order valence-corrected chi connectivity index (χ3v) is 5.55. The highest BCUT2D eigenvalue weighted by molar-refractivity contribution is 6.39. The summed E-state index contributed by atoms with van der Waals surface area (Å²) in [7, 11) is 1.65.